The molecule has 5 nitrogen and oxygen atoms in total. The van der Waals surface area contributed by atoms with E-state index in [0.717, 1.165) is 6.54 Å². The fourth-order valence-corrected chi connectivity index (χ4v) is 2.12. The summed E-state index contributed by atoms with van der Waals surface area (Å²) in [7, 11) is 2.07. The predicted octanol–water partition coefficient (Wildman–Crippen LogP) is 3.83. The molecule has 0 atom stereocenters. The summed E-state index contributed by atoms with van der Waals surface area (Å²) in [5, 5.41) is 14.9. The first-order chi connectivity index (χ1) is 10.7. The van der Waals surface area contributed by atoms with Crippen LogP contribution in [-0.4, -0.2) is 10.6 Å². The van der Waals surface area contributed by atoms with Gasteiger partial charge in [-0.2, -0.15) is 5.26 Å². The lowest BCUT2D eigenvalue weighted by molar-refractivity contribution is -0.671. The summed E-state index contributed by atoms with van der Waals surface area (Å²) in [5.41, 5.74) is 0. The molecule has 0 aliphatic heterocycles. The smallest absolute Gasteiger partial charge is 0.243 e. The molecule has 0 aliphatic rings. The Hall–Kier alpha value is -2.18. The standard InChI is InChI=1S/C15H27N2.C2N3/c1-3-4-5-6-7-8-9-10-11-12-17-14-13-16(2)15-17;3-1-5-2-4/h3,13-15H,1,4-12H2,2H3;/q+1;-1. The molecule has 0 radical (unpaired) electrons. The van der Waals surface area contributed by atoms with Crippen molar-refractivity contribution in [3.8, 4) is 6.19 Å². The van der Waals surface area contributed by atoms with Crippen LogP contribution in [0.15, 0.2) is 36.4 Å². The zero-order chi connectivity index (χ0) is 16.5. The van der Waals surface area contributed by atoms with Crippen molar-refractivity contribution in [1.29, 1.82) is 5.26 Å². The van der Waals surface area contributed by atoms with Crippen molar-refractivity contribution in [1.82, 2.24) is 4.57 Å². The van der Waals surface area contributed by atoms with E-state index in [2.05, 4.69) is 46.5 Å². The number of imidazole rings is 1. The number of aromatic nitrogens is 2. The topological polar surface area (TPSA) is 67.3 Å². The van der Waals surface area contributed by atoms with Crippen LogP contribution in [-0.2, 0) is 13.6 Å². The molecule has 0 unspecified atom stereocenters. The van der Waals surface area contributed by atoms with Crippen LogP contribution in [0.25, 0.3) is 5.41 Å². The van der Waals surface area contributed by atoms with E-state index in [-0.39, 0.29) is 0 Å². The van der Waals surface area contributed by atoms with Gasteiger partial charge in [-0.25, -0.2) is 9.13 Å². The lowest BCUT2D eigenvalue weighted by Crippen LogP contribution is -2.23. The molecule has 1 rings (SSSR count). The van der Waals surface area contributed by atoms with Gasteiger partial charge in [0.1, 0.15) is 12.4 Å². The lowest BCUT2D eigenvalue weighted by atomic mass is 10.1. The Kier molecular flexibility index (Phi) is 13.7. The normalized spacial score (nSPS) is 9.09. The second kappa shape index (κ2) is 15.2. The van der Waals surface area contributed by atoms with Gasteiger partial charge >= 0.3 is 0 Å². The van der Waals surface area contributed by atoms with Crippen molar-refractivity contribution >= 4 is 6.01 Å². The van der Waals surface area contributed by atoms with Crippen LogP contribution in [0.4, 0.5) is 0 Å². The highest BCUT2D eigenvalue weighted by molar-refractivity contribution is 5.46. The summed E-state index contributed by atoms with van der Waals surface area (Å²) in [6, 6.07) is 1.28. The summed E-state index contributed by atoms with van der Waals surface area (Å²) < 4.78 is 4.36. The maximum absolute atomic E-state index is 7.43. The monoisotopic (exact) mass is 301 g/mol. The van der Waals surface area contributed by atoms with Gasteiger partial charge in [-0.1, -0.05) is 31.8 Å². The summed E-state index contributed by atoms with van der Waals surface area (Å²) in [4.78, 5) is 2.58. The number of allylic oxidation sites excluding steroid dienone is 1. The summed E-state index contributed by atoms with van der Waals surface area (Å²) in [6.45, 7) is 4.91. The van der Waals surface area contributed by atoms with E-state index in [0.29, 0.717) is 0 Å². The van der Waals surface area contributed by atoms with Gasteiger partial charge in [-0.15, -0.1) is 12.6 Å². The second-order valence-corrected chi connectivity index (χ2v) is 5.18. The molecule has 1 heterocycles. The van der Waals surface area contributed by atoms with E-state index in [9.17, 15) is 0 Å². The van der Waals surface area contributed by atoms with Crippen LogP contribution in [0.3, 0.4) is 0 Å². The van der Waals surface area contributed by atoms with E-state index in [4.69, 9.17) is 10.7 Å². The summed E-state index contributed by atoms with van der Waals surface area (Å²) in [6.07, 6.45) is 20.4. The Labute approximate surface area is 134 Å². The number of unbranched alkanes of at least 4 members (excludes halogenated alkanes) is 7. The molecule has 0 aromatic carbocycles. The fraction of sp³-hybridized carbons (Fsp3) is 0.588. The molecule has 22 heavy (non-hydrogen) atoms. The number of aryl methyl sites for hydroxylation is 2. The number of nitriles is 1. The molecule has 0 aliphatic carbocycles. The van der Waals surface area contributed by atoms with Crippen molar-refractivity contribution in [3.63, 3.8) is 0 Å². The first-order valence-electron chi connectivity index (χ1n) is 7.84. The minimum absolute atomic E-state index is 1.16. The quantitative estimate of drug-likeness (QED) is 0.213. The summed E-state index contributed by atoms with van der Waals surface area (Å²) in [5.74, 6) is 0. The average molecular weight is 301 g/mol. The van der Waals surface area contributed by atoms with Gasteiger partial charge in [0, 0.05) is 0 Å². The third-order valence-corrected chi connectivity index (χ3v) is 3.25. The van der Waals surface area contributed by atoms with Crippen molar-refractivity contribution in [2.45, 2.75) is 57.9 Å². The van der Waals surface area contributed by atoms with Gasteiger partial charge < -0.3 is 10.4 Å². The van der Waals surface area contributed by atoms with Gasteiger partial charge in [0.15, 0.2) is 0 Å². The minimum Gasteiger partial charge on any atom is -0.422 e. The predicted molar refractivity (Wildman–Crippen MR) is 89.1 cm³/mol. The molecule has 120 valence electrons. The highest BCUT2D eigenvalue weighted by Gasteiger charge is 1.99. The van der Waals surface area contributed by atoms with Gasteiger partial charge in [0.05, 0.1) is 19.8 Å². The first kappa shape index (κ1) is 19.8. The zero-order valence-electron chi connectivity index (χ0n) is 13.6. The molecular weight excluding hydrogens is 274 g/mol. The molecule has 0 amide bonds. The number of nitrogens with zero attached hydrogens (tertiary/aromatic N) is 5. The second-order valence-electron chi connectivity index (χ2n) is 5.18. The molecule has 0 spiro atoms. The van der Waals surface area contributed by atoms with Crippen LogP contribution in [0.1, 0.15) is 51.4 Å². The van der Waals surface area contributed by atoms with Crippen LogP contribution in [0.2, 0.25) is 0 Å². The average Bonchev–Trinajstić information content (AvgIpc) is 2.93. The van der Waals surface area contributed by atoms with E-state index in [1.807, 2.05) is 6.08 Å². The van der Waals surface area contributed by atoms with Crippen molar-refractivity contribution in [3.05, 3.63) is 36.8 Å². The molecule has 1 aromatic rings. The zero-order valence-corrected chi connectivity index (χ0v) is 13.6. The molecule has 5 heteroatoms. The van der Waals surface area contributed by atoms with E-state index in [1.165, 1.54) is 63.6 Å². The number of hydrogen-bond donors (Lipinski definition) is 0. The van der Waals surface area contributed by atoms with Crippen molar-refractivity contribution in [2.75, 3.05) is 0 Å². The molecule has 0 saturated carbocycles. The van der Waals surface area contributed by atoms with E-state index in [1.54, 1.807) is 0 Å². The van der Waals surface area contributed by atoms with Crippen LogP contribution in [0, 0.1) is 11.5 Å². The lowest BCUT2D eigenvalue weighted by Gasteiger charge is -2.00. The minimum atomic E-state index is 1.16. The van der Waals surface area contributed by atoms with Gasteiger partial charge in [-0.3, -0.25) is 0 Å². The highest BCUT2D eigenvalue weighted by Crippen LogP contribution is 2.09. The third-order valence-electron chi connectivity index (χ3n) is 3.25. The number of rotatable bonds is 10. The Morgan fingerprint density at radius 2 is 1.86 bits per heavy atom. The van der Waals surface area contributed by atoms with Crippen LogP contribution >= 0.6 is 0 Å². The van der Waals surface area contributed by atoms with Gasteiger partial charge in [0.2, 0.25) is 6.33 Å². The Morgan fingerprint density at radius 3 is 2.32 bits per heavy atom. The molecule has 0 saturated heterocycles. The highest BCUT2D eigenvalue weighted by atomic mass is 15.1. The Balaban J connectivity index is 0.000000763. The molecule has 0 bridgehead atoms. The first-order valence-corrected chi connectivity index (χ1v) is 7.84. The van der Waals surface area contributed by atoms with Crippen molar-refractivity contribution < 1.29 is 4.57 Å². The third kappa shape index (κ3) is 12.8. The largest absolute Gasteiger partial charge is 0.422 e. The van der Waals surface area contributed by atoms with Crippen molar-refractivity contribution in [2.24, 2.45) is 12.0 Å². The maximum atomic E-state index is 7.43. The van der Waals surface area contributed by atoms with Crippen LogP contribution < -0.4 is 4.57 Å². The summed E-state index contributed by atoms with van der Waals surface area (Å²) >= 11 is 0. The molecular formula is C17H27N5. The maximum Gasteiger partial charge on any atom is 0.243 e. The molecule has 0 fully saturated rings. The Morgan fingerprint density at radius 1 is 1.23 bits per heavy atom. The van der Waals surface area contributed by atoms with Gasteiger partial charge in [0.25, 0.3) is 0 Å². The number of hydrogen-bond acceptors (Lipinski definition) is 2. The SMILES string of the molecule is C=CCCCCCCCCCn1cc[n+](C)c1.N#CN=C=[N-]. The van der Waals surface area contributed by atoms with E-state index >= 15 is 0 Å². The van der Waals surface area contributed by atoms with Gasteiger partial charge in [-0.05, 0) is 25.7 Å². The molecule has 0 N–H and O–H groups in total. The fourth-order valence-electron chi connectivity index (χ4n) is 2.12. The number of aliphatic imine (C=N–C) groups is 1. The van der Waals surface area contributed by atoms with Crippen LogP contribution in [0.5, 0.6) is 0 Å². The van der Waals surface area contributed by atoms with E-state index < -0.39 is 0 Å². The Bertz CT molecular complexity index is 477. The molecule has 1 aromatic heterocycles.